The summed E-state index contributed by atoms with van der Waals surface area (Å²) in [5.41, 5.74) is 10.7. The van der Waals surface area contributed by atoms with Gasteiger partial charge in [0, 0.05) is 11.8 Å². The molecule has 1 fully saturated rings. The van der Waals surface area contributed by atoms with Crippen LogP contribution in [0, 0.1) is 0 Å². The van der Waals surface area contributed by atoms with Gasteiger partial charge in [0.05, 0.1) is 18.8 Å². The molecule has 240 valence electrons. The first-order valence-electron chi connectivity index (χ1n) is 16.2. The molecule has 0 unspecified atom stereocenters. The lowest BCUT2D eigenvalue weighted by Gasteiger charge is -2.52. The zero-order valence-electron chi connectivity index (χ0n) is 28.5. The molecule has 0 aromatic carbocycles. The highest BCUT2D eigenvalue weighted by Gasteiger charge is 2.54. The molecular formula is C29H62N4O5Si3. The Labute approximate surface area is 254 Å². The van der Waals surface area contributed by atoms with Crippen LogP contribution in [-0.2, 0) is 22.8 Å². The van der Waals surface area contributed by atoms with E-state index in [0.29, 0.717) is 23.2 Å². The number of rotatable bonds is 18. The van der Waals surface area contributed by atoms with Gasteiger partial charge in [0.25, 0.3) is 0 Å². The first-order chi connectivity index (χ1) is 19.2. The summed E-state index contributed by atoms with van der Waals surface area (Å²) in [5, 5.41) is 7.12. The van der Waals surface area contributed by atoms with Crippen LogP contribution in [0.2, 0.25) is 52.9 Å². The standard InChI is InChI=1S/C29H62N4O5Si3/c1-14-39(15-2,21(7)8)35-20-25-27(37-40(16-3,17-4)22(9)10)28(38-41(18-5,19-6)23(11)12)26(31-24(13)34)29(36-25)32-33-30/h21-23,25-29H,14-20H2,1-13H3,(H,31,34)/t25-,26-,27-,28-,29+/m1/s1. The monoisotopic (exact) mass is 630 g/mol. The molecule has 0 bridgehead atoms. The van der Waals surface area contributed by atoms with Crippen molar-refractivity contribution < 1.29 is 22.8 Å². The highest BCUT2D eigenvalue weighted by atomic mass is 28.4. The van der Waals surface area contributed by atoms with Crippen LogP contribution in [0.4, 0.5) is 0 Å². The molecule has 0 spiro atoms. The minimum absolute atomic E-state index is 0.217. The number of azide groups is 1. The lowest BCUT2D eigenvalue weighted by Crippen LogP contribution is -2.69. The highest BCUT2D eigenvalue weighted by molar-refractivity contribution is 6.76. The molecule has 1 aliphatic rings. The normalized spacial score (nSPS) is 24.1. The molecule has 12 heteroatoms. The second-order valence-corrected chi connectivity index (χ2v) is 27.6. The number of hydrogen-bond acceptors (Lipinski definition) is 6. The molecule has 0 aromatic rings. The maximum Gasteiger partial charge on any atom is 0.217 e. The van der Waals surface area contributed by atoms with Gasteiger partial charge >= 0.3 is 0 Å². The predicted octanol–water partition coefficient (Wildman–Crippen LogP) is 8.50. The second kappa shape index (κ2) is 16.9. The Morgan fingerprint density at radius 1 is 0.805 bits per heavy atom. The Morgan fingerprint density at radius 2 is 1.22 bits per heavy atom. The lowest BCUT2D eigenvalue weighted by molar-refractivity contribution is -0.183. The average Bonchev–Trinajstić information content (AvgIpc) is 2.93. The zero-order valence-corrected chi connectivity index (χ0v) is 31.5. The highest BCUT2D eigenvalue weighted by Crippen LogP contribution is 2.41. The Hall–Kier alpha value is -0.729. The van der Waals surface area contributed by atoms with E-state index in [1.807, 2.05) is 0 Å². The molecule has 0 saturated carbocycles. The fraction of sp³-hybridized carbons (Fsp3) is 0.966. The third kappa shape index (κ3) is 8.90. The van der Waals surface area contributed by atoms with E-state index in [0.717, 1.165) is 36.3 Å². The topological polar surface area (TPSA) is 115 Å². The number of nitrogens with one attached hydrogen (secondary N) is 1. The predicted molar refractivity (Wildman–Crippen MR) is 177 cm³/mol. The van der Waals surface area contributed by atoms with E-state index in [1.165, 1.54) is 6.92 Å². The van der Waals surface area contributed by atoms with Gasteiger partial charge in [0.2, 0.25) is 5.91 Å². The van der Waals surface area contributed by atoms with E-state index in [1.54, 1.807) is 0 Å². The first kappa shape index (κ1) is 38.3. The molecule has 9 nitrogen and oxygen atoms in total. The molecule has 0 aliphatic carbocycles. The summed E-state index contributed by atoms with van der Waals surface area (Å²) in [5.74, 6) is -0.217. The number of ether oxygens (including phenoxy) is 1. The average molecular weight is 631 g/mol. The van der Waals surface area contributed by atoms with E-state index in [-0.39, 0.29) is 5.91 Å². The minimum atomic E-state index is -2.28. The van der Waals surface area contributed by atoms with Gasteiger partial charge in [-0.2, -0.15) is 0 Å². The van der Waals surface area contributed by atoms with Crippen LogP contribution < -0.4 is 5.32 Å². The maximum absolute atomic E-state index is 12.6. The van der Waals surface area contributed by atoms with Gasteiger partial charge in [-0.1, -0.05) is 88.2 Å². The summed E-state index contributed by atoms with van der Waals surface area (Å²) in [4.78, 5) is 15.7. The van der Waals surface area contributed by atoms with Crippen molar-refractivity contribution in [2.24, 2.45) is 5.11 Å². The minimum Gasteiger partial charge on any atom is -0.414 e. The molecule has 41 heavy (non-hydrogen) atoms. The van der Waals surface area contributed by atoms with Crippen LogP contribution >= 0.6 is 0 Å². The quantitative estimate of drug-likeness (QED) is 0.0706. The van der Waals surface area contributed by atoms with Crippen LogP contribution in [-0.4, -0.2) is 68.0 Å². The fourth-order valence-corrected chi connectivity index (χ4v) is 17.3. The Kier molecular flexibility index (Phi) is 15.8. The van der Waals surface area contributed by atoms with Gasteiger partial charge in [-0.15, -0.1) is 0 Å². The summed E-state index contributed by atoms with van der Waals surface area (Å²) in [6, 6.07) is 5.17. The van der Waals surface area contributed by atoms with Crippen molar-refractivity contribution in [3.63, 3.8) is 0 Å². The summed E-state index contributed by atoms with van der Waals surface area (Å²) >= 11 is 0. The van der Waals surface area contributed by atoms with E-state index in [2.05, 4.69) is 98.4 Å². The Morgan fingerprint density at radius 3 is 1.56 bits per heavy atom. The second-order valence-electron chi connectivity index (χ2n) is 12.8. The van der Waals surface area contributed by atoms with Crippen LogP contribution in [0.5, 0.6) is 0 Å². The third-order valence-electron chi connectivity index (χ3n) is 10.2. The SMILES string of the molecule is CC[Si](CC)(OC[C@H]1O[C@H](N=[N+]=[N-])[C@H](NC(C)=O)[C@@H](O[Si](CC)(CC)C(C)C)[C@@H]1O[Si](CC)(CC)C(C)C)C(C)C. The van der Waals surface area contributed by atoms with Crippen LogP contribution in [0.15, 0.2) is 5.11 Å². The van der Waals surface area contributed by atoms with E-state index >= 15 is 0 Å². The van der Waals surface area contributed by atoms with Crippen molar-refractivity contribution in [2.45, 2.75) is 173 Å². The van der Waals surface area contributed by atoms with Crippen LogP contribution in [0.25, 0.3) is 10.4 Å². The smallest absolute Gasteiger partial charge is 0.217 e. The molecule has 1 heterocycles. The van der Waals surface area contributed by atoms with Crippen molar-refractivity contribution >= 4 is 30.9 Å². The lowest BCUT2D eigenvalue weighted by atomic mass is 9.96. The Bertz CT molecular complexity index is 844. The molecule has 0 radical (unpaired) electrons. The molecule has 1 amide bonds. The van der Waals surface area contributed by atoms with Crippen molar-refractivity contribution in [1.82, 2.24) is 5.32 Å². The van der Waals surface area contributed by atoms with Crippen molar-refractivity contribution in [2.75, 3.05) is 6.61 Å². The van der Waals surface area contributed by atoms with Crippen LogP contribution in [0.3, 0.4) is 0 Å². The van der Waals surface area contributed by atoms with Gasteiger partial charge in [-0.25, -0.2) is 0 Å². The molecule has 5 atom stereocenters. The first-order valence-corrected chi connectivity index (χ1v) is 23.4. The van der Waals surface area contributed by atoms with Gasteiger partial charge in [0.15, 0.2) is 31.2 Å². The summed E-state index contributed by atoms with van der Waals surface area (Å²) < 4.78 is 28.2. The van der Waals surface area contributed by atoms with Crippen molar-refractivity contribution in [3.05, 3.63) is 10.4 Å². The van der Waals surface area contributed by atoms with E-state index in [9.17, 15) is 10.3 Å². The third-order valence-corrected chi connectivity index (χ3v) is 25.9. The van der Waals surface area contributed by atoms with Gasteiger partial charge < -0.3 is 23.3 Å². The number of carbonyl (C=O) groups excluding carboxylic acids is 1. The number of amides is 1. The number of carbonyl (C=O) groups is 1. The summed E-state index contributed by atoms with van der Waals surface area (Å²) in [6.45, 7) is 28.7. The molecule has 1 saturated heterocycles. The summed E-state index contributed by atoms with van der Waals surface area (Å²) in [6.07, 6.45) is -2.39. The largest absolute Gasteiger partial charge is 0.414 e. The van der Waals surface area contributed by atoms with E-state index in [4.69, 9.17) is 18.0 Å². The van der Waals surface area contributed by atoms with Crippen molar-refractivity contribution in [3.8, 4) is 0 Å². The van der Waals surface area contributed by atoms with E-state index < -0.39 is 55.5 Å². The molecule has 1 aliphatic heterocycles. The van der Waals surface area contributed by atoms with Crippen molar-refractivity contribution in [1.29, 1.82) is 0 Å². The summed E-state index contributed by atoms with van der Waals surface area (Å²) in [7, 11) is -6.57. The van der Waals surface area contributed by atoms with Gasteiger partial charge in [-0.3, -0.25) is 4.79 Å². The van der Waals surface area contributed by atoms with Crippen LogP contribution in [0.1, 0.15) is 90.0 Å². The number of nitrogens with zero attached hydrogens (tertiary/aromatic N) is 3. The fourth-order valence-electron chi connectivity index (χ4n) is 6.84. The zero-order chi connectivity index (χ0) is 31.6. The Balaban J connectivity index is 3.89. The van der Waals surface area contributed by atoms with Gasteiger partial charge in [-0.05, 0) is 58.4 Å². The molecule has 1 rings (SSSR count). The number of hydrogen-bond donors (Lipinski definition) is 1. The van der Waals surface area contributed by atoms with Gasteiger partial charge in [0.1, 0.15) is 12.2 Å². The molecule has 1 N–H and O–H groups in total. The molecule has 0 aromatic heterocycles. The molecular weight excluding hydrogens is 569 g/mol. The maximum atomic E-state index is 12.6.